The highest BCUT2D eigenvalue weighted by Crippen LogP contribution is 2.27. The Morgan fingerprint density at radius 1 is 1.31 bits per heavy atom. The standard InChI is InChI=1S/C19H24ClN4OP/c1-13-17(12-22-18(20)23-13)24-10-3-2-5-14(8-9-21-19(24)25)15-6-4-7-16(26)11-15/h4,6-7,11-12,14H,2-3,5,8-10,26H2,1H3,(H,21,25). The first kappa shape index (κ1) is 19.1. The molecule has 138 valence electrons. The Hall–Kier alpha value is -1.71. The highest BCUT2D eigenvalue weighted by atomic mass is 35.5. The van der Waals surface area contributed by atoms with Gasteiger partial charge in [0.15, 0.2) is 0 Å². The molecule has 2 atom stereocenters. The highest BCUT2D eigenvalue weighted by molar-refractivity contribution is 7.27. The fourth-order valence-corrected chi connectivity index (χ4v) is 3.91. The summed E-state index contributed by atoms with van der Waals surface area (Å²) >= 11 is 5.84. The SMILES string of the molecule is Cc1nc(Cl)ncc1N1CCCCC(c2cccc(P)c2)CCNC1=O. The lowest BCUT2D eigenvalue weighted by Crippen LogP contribution is -2.42. The number of hydrogen-bond acceptors (Lipinski definition) is 3. The molecule has 1 aromatic heterocycles. The number of halogens is 1. The molecule has 7 heteroatoms. The Morgan fingerprint density at radius 2 is 2.15 bits per heavy atom. The Labute approximate surface area is 161 Å². The summed E-state index contributed by atoms with van der Waals surface area (Å²) in [4.78, 5) is 22.6. The van der Waals surface area contributed by atoms with Gasteiger partial charge in [0, 0.05) is 13.1 Å². The summed E-state index contributed by atoms with van der Waals surface area (Å²) in [5.41, 5.74) is 2.79. The summed E-state index contributed by atoms with van der Waals surface area (Å²) in [6, 6.07) is 8.50. The van der Waals surface area contributed by atoms with Crippen molar-refractivity contribution in [3.63, 3.8) is 0 Å². The van der Waals surface area contributed by atoms with Crippen LogP contribution in [0.25, 0.3) is 0 Å². The second-order valence-electron chi connectivity index (χ2n) is 6.64. The van der Waals surface area contributed by atoms with Gasteiger partial charge in [-0.3, -0.25) is 4.90 Å². The van der Waals surface area contributed by atoms with E-state index in [4.69, 9.17) is 11.6 Å². The van der Waals surface area contributed by atoms with Crippen molar-refractivity contribution in [1.29, 1.82) is 0 Å². The van der Waals surface area contributed by atoms with Gasteiger partial charge in [-0.2, -0.15) is 0 Å². The molecule has 2 heterocycles. The molecule has 5 nitrogen and oxygen atoms in total. The lowest BCUT2D eigenvalue weighted by atomic mass is 9.90. The minimum atomic E-state index is -0.0977. The molecule has 0 spiro atoms. The molecule has 2 aromatic rings. The number of nitrogens with zero attached hydrogens (tertiary/aromatic N) is 3. The van der Waals surface area contributed by atoms with Crippen LogP contribution < -0.4 is 15.5 Å². The van der Waals surface area contributed by atoms with E-state index in [1.807, 2.05) is 6.92 Å². The van der Waals surface area contributed by atoms with Gasteiger partial charge in [-0.15, -0.1) is 9.24 Å². The number of carbonyl (C=O) groups is 1. The summed E-state index contributed by atoms with van der Waals surface area (Å²) in [6.45, 7) is 3.14. The van der Waals surface area contributed by atoms with E-state index >= 15 is 0 Å². The molecule has 2 unspecified atom stereocenters. The Kier molecular flexibility index (Phi) is 6.44. The first-order valence-corrected chi connectivity index (χ1v) is 9.90. The van der Waals surface area contributed by atoms with Gasteiger partial charge in [0.1, 0.15) is 0 Å². The van der Waals surface area contributed by atoms with Crippen molar-refractivity contribution in [3.05, 3.63) is 47.0 Å². The van der Waals surface area contributed by atoms with Crippen LogP contribution in [-0.4, -0.2) is 29.1 Å². The third-order valence-corrected chi connectivity index (χ3v) is 5.34. The molecule has 0 bridgehead atoms. The normalized spacial score (nSPS) is 19.1. The van der Waals surface area contributed by atoms with Gasteiger partial charge in [0.25, 0.3) is 0 Å². The quantitative estimate of drug-likeness (QED) is 0.626. The smallest absolute Gasteiger partial charge is 0.321 e. The third kappa shape index (κ3) is 4.72. The molecule has 0 aliphatic carbocycles. The second kappa shape index (κ2) is 8.79. The monoisotopic (exact) mass is 390 g/mol. The number of benzene rings is 1. The number of nitrogens with one attached hydrogen (secondary N) is 1. The number of aryl methyl sites for hydroxylation is 1. The average Bonchev–Trinajstić information content (AvgIpc) is 2.61. The number of aromatic nitrogens is 2. The van der Waals surface area contributed by atoms with Crippen molar-refractivity contribution < 1.29 is 4.79 Å². The zero-order chi connectivity index (χ0) is 18.5. The summed E-state index contributed by atoms with van der Waals surface area (Å²) in [5.74, 6) is 0.475. The van der Waals surface area contributed by atoms with E-state index < -0.39 is 0 Å². The molecule has 1 fully saturated rings. The summed E-state index contributed by atoms with van der Waals surface area (Å²) < 4.78 is 0. The molecule has 0 saturated carbocycles. The molecule has 2 amide bonds. The maximum atomic E-state index is 12.7. The molecule has 1 saturated heterocycles. The molecule has 0 radical (unpaired) electrons. The average molecular weight is 391 g/mol. The fraction of sp³-hybridized carbons (Fsp3) is 0.421. The van der Waals surface area contributed by atoms with Crippen molar-refractivity contribution in [3.8, 4) is 0 Å². The van der Waals surface area contributed by atoms with E-state index in [0.717, 1.165) is 31.4 Å². The van der Waals surface area contributed by atoms with E-state index in [9.17, 15) is 4.79 Å². The number of hydrogen-bond donors (Lipinski definition) is 1. The number of anilines is 1. The third-order valence-electron chi connectivity index (χ3n) is 4.80. The van der Waals surface area contributed by atoms with Crippen molar-refractivity contribution in [1.82, 2.24) is 15.3 Å². The van der Waals surface area contributed by atoms with Crippen LogP contribution in [-0.2, 0) is 0 Å². The van der Waals surface area contributed by atoms with Crippen LogP contribution in [0, 0.1) is 6.92 Å². The van der Waals surface area contributed by atoms with Gasteiger partial charge in [-0.1, -0.05) is 30.7 Å². The largest absolute Gasteiger partial charge is 0.338 e. The number of carbonyl (C=O) groups excluding carboxylic acids is 1. The van der Waals surface area contributed by atoms with Crippen molar-refractivity contribution in [2.45, 2.75) is 38.5 Å². The van der Waals surface area contributed by atoms with Gasteiger partial charge in [-0.05, 0) is 54.6 Å². The number of rotatable bonds is 2. The molecular formula is C19H24ClN4OP. The van der Waals surface area contributed by atoms with Gasteiger partial charge in [0.05, 0.1) is 17.6 Å². The molecule has 26 heavy (non-hydrogen) atoms. The highest BCUT2D eigenvalue weighted by Gasteiger charge is 2.21. The molecular weight excluding hydrogens is 367 g/mol. The Bertz CT molecular complexity index is 786. The van der Waals surface area contributed by atoms with Gasteiger partial charge in [0.2, 0.25) is 5.28 Å². The van der Waals surface area contributed by atoms with Crippen LogP contribution >= 0.6 is 20.8 Å². The van der Waals surface area contributed by atoms with E-state index in [2.05, 4.69) is 48.8 Å². The van der Waals surface area contributed by atoms with Crippen LogP contribution in [0.15, 0.2) is 30.5 Å². The number of urea groups is 1. The van der Waals surface area contributed by atoms with E-state index in [1.165, 1.54) is 10.9 Å². The molecule has 1 aromatic carbocycles. The minimum Gasteiger partial charge on any atom is -0.338 e. The van der Waals surface area contributed by atoms with Gasteiger partial charge >= 0.3 is 6.03 Å². The van der Waals surface area contributed by atoms with Gasteiger partial charge in [-0.25, -0.2) is 14.8 Å². The molecule has 1 aliphatic rings. The molecule has 3 rings (SSSR count). The maximum absolute atomic E-state index is 12.7. The maximum Gasteiger partial charge on any atom is 0.321 e. The minimum absolute atomic E-state index is 0.0977. The van der Waals surface area contributed by atoms with E-state index in [1.54, 1.807) is 11.1 Å². The van der Waals surface area contributed by atoms with Crippen molar-refractivity contribution >= 4 is 37.9 Å². The summed E-state index contributed by atoms with van der Waals surface area (Å²) in [5, 5.41) is 4.45. The van der Waals surface area contributed by atoms with Crippen LogP contribution in [0.3, 0.4) is 0 Å². The summed E-state index contributed by atoms with van der Waals surface area (Å²) in [6.07, 6.45) is 5.69. The first-order chi connectivity index (χ1) is 12.5. The lowest BCUT2D eigenvalue weighted by molar-refractivity contribution is 0.245. The zero-order valence-corrected chi connectivity index (χ0v) is 16.8. The second-order valence-corrected chi connectivity index (χ2v) is 7.65. The summed E-state index contributed by atoms with van der Waals surface area (Å²) in [7, 11) is 2.76. The Balaban J connectivity index is 1.71. The zero-order valence-electron chi connectivity index (χ0n) is 14.9. The molecule has 1 N–H and O–H groups in total. The van der Waals surface area contributed by atoms with Crippen LogP contribution in [0.2, 0.25) is 5.28 Å². The van der Waals surface area contributed by atoms with Crippen LogP contribution in [0.1, 0.15) is 42.9 Å². The predicted molar refractivity (Wildman–Crippen MR) is 110 cm³/mol. The predicted octanol–water partition coefficient (Wildman–Crippen LogP) is 3.81. The van der Waals surface area contributed by atoms with Crippen LogP contribution in [0.4, 0.5) is 10.5 Å². The first-order valence-electron chi connectivity index (χ1n) is 8.94. The molecule has 1 aliphatic heterocycles. The lowest BCUT2D eigenvalue weighted by Gasteiger charge is -2.27. The Morgan fingerprint density at radius 3 is 2.92 bits per heavy atom. The van der Waals surface area contributed by atoms with Crippen molar-refractivity contribution in [2.75, 3.05) is 18.0 Å². The fourth-order valence-electron chi connectivity index (χ4n) is 3.43. The topological polar surface area (TPSA) is 58.1 Å². The van der Waals surface area contributed by atoms with Crippen molar-refractivity contribution in [2.24, 2.45) is 0 Å². The van der Waals surface area contributed by atoms with E-state index in [0.29, 0.717) is 24.7 Å². The van der Waals surface area contributed by atoms with Crippen LogP contribution in [0.5, 0.6) is 0 Å². The van der Waals surface area contributed by atoms with E-state index in [-0.39, 0.29) is 11.3 Å². The van der Waals surface area contributed by atoms with Gasteiger partial charge < -0.3 is 5.32 Å². The number of amides is 2.